The molecule has 3 aromatic rings. The third kappa shape index (κ3) is 4.67. The zero-order valence-corrected chi connectivity index (χ0v) is 16.6. The molecule has 0 aliphatic heterocycles. The van der Waals surface area contributed by atoms with E-state index in [4.69, 9.17) is 10.2 Å². The van der Waals surface area contributed by atoms with Crippen molar-refractivity contribution in [3.63, 3.8) is 0 Å². The molecule has 0 spiro atoms. The molecule has 0 radical (unpaired) electrons. The molecule has 0 aliphatic rings. The maximum absolute atomic E-state index is 13.9. The molecule has 0 bridgehead atoms. The van der Waals surface area contributed by atoms with E-state index < -0.39 is 80.6 Å². The van der Waals surface area contributed by atoms with Gasteiger partial charge in [0.05, 0.1) is 23.1 Å². The van der Waals surface area contributed by atoms with Crippen LogP contribution in [-0.2, 0) is 18.9 Å². The fourth-order valence-electron chi connectivity index (χ4n) is 3.00. The van der Waals surface area contributed by atoms with Gasteiger partial charge in [-0.05, 0) is 30.3 Å². The summed E-state index contributed by atoms with van der Waals surface area (Å²) in [5.41, 5.74) is -0.280. The Hall–Kier alpha value is -4.03. The molecule has 0 saturated heterocycles. The van der Waals surface area contributed by atoms with Crippen LogP contribution in [0.5, 0.6) is 11.5 Å². The molecule has 180 valence electrons. The van der Waals surface area contributed by atoms with Crippen LogP contribution in [0.2, 0.25) is 0 Å². The summed E-state index contributed by atoms with van der Waals surface area (Å²) in [5, 5.41) is 18.8. The molecule has 0 amide bonds. The maximum atomic E-state index is 13.9. The van der Waals surface area contributed by atoms with E-state index in [-0.39, 0.29) is 0 Å². The van der Waals surface area contributed by atoms with Gasteiger partial charge in [-0.3, -0.25) is 9.79 Å². The van der Waals surface area contributed by atoms with Gasteiger partial charge in [-0.15, -0.1) is 0 Å². The van der Waals surface area contributed by atoms with E-state index in [2.05, 4.69) is 4.99 Å². The number of benzene rings is 2. The molecule has 34 heavy (non-hydrogen) atoms. The molecule has 13 heteroatoms. The number of fused-ring (bicyclic) bond motifs is 1. The lowest BCUT2D eigenvalue weighted by molar-refractivity contribution is -0.153. The number of phenolic OH excluding ortho intramolecular Hbond substituents is 2. The summed E-state index contributed by atoms with van der Waals surface area (Å²) in [6.07, 6.45) is -8.82. The highest BCUT2D eigenvalue weighted by Crippen LogP contribution is 2.39. The normalized spacial score (nSPS) is 13.2. The highest BCUT2D eigenvalue weighted by molar-refractivity contribution is 6.10. The first-order valence-corrected chi connectivity index (χ1v) is 9.12. The predicted molar refractivity (Wildman–Crippen MR) is 107 cm³/mol. The molecule has 4 N–H and O–H groups in total. The van der Waals surface area contributed by atoms with E-state index >= 15 is 0 Å². The first-order valence-electron chi connectivity index (χ1n) is 9.12. The van der Waals surface area contributed by atoms with Crippen LogP contribution in [0.3, 0.4) is 0 Å². The number of hydrogen-bond donors (Lipinski definition) is 3. The van der Waals surface area contributed by atoms with Gasteiger partial charge in [0.15, 0.2) is 11.3 Å². The fourth-order valence-corrected chi connectivity index (χ4v) is 3.00. The molecule has 0 saturated carbocycles. The number of hydrogen-bond acceptors (Lipinski definition) is 6. The Morgan fingerprint density at radius 2 is 1.74 bits per heavy atom. The molecule has 6 nitrogen and oxygen atoms in total. The Morgan fingerprint density at radius 1 is 1.06 bits per heavy atom. The van der Waals surface area contributed by atoms with Crippen molar-refractivity contribution in [1.29, 1.82) is 0 Å². The molecule has 0 fully saturated rings. The van der Waals surface area contributed by atoms with Crippen LogP contribution in [0.15, 0.2) is 50.7 Å². The van der Waals surface area contributed by atoms with E-state index in [9.17, 15) is 45.7 Å². The molecule has 0 unspecified atom stereocenters. The van der Waals surface area contributed by atoms with E-state index in [1.807, 2.05) is 0 Å². The second kappa shape index (κ2) is 8.72. The van der Waals surface area contributed by atoms with Gasteiger partial charge < -0.3 is 20.4 Å². The lowest BCUT2D eigenvalue weighted by atomic mass is 10.0. The topological polar surface area (TPSA) is 109 Å². The minimum Gasteiger partial charge on any atom is -0.504 e. The lowest BCUT2D eigenvalue weighted by Gasteiger charge is -2.13. The number of aliphatic imine (C=N–C) groups is 1. The number of aromatic hydroxyl groups is 2. The van der Waals surface area contributed by atoms with Gasteiger partial charge >= 0.3 is 12.4 Å². The maximum Gasteiger partial charge on any atom is 0.450 e. The molecule has 1 heterocycles. The van der Waals surface area contributed by atoms with Crippen molar-refractivity contribution < 1.29 is 45.4 Å². The molecule has 0 atom stereocenters. The van der Waals surface area contributed by atoms with Crippen LogP contribution >= 0.6 is 0 Å². The molecule has 3 rings (SSSR count). The summed E-state index contributed by atoms with van der Waals surface area (Å²) in [6.45, 7) is -0.720. The molecular formula is C21H13F7N2O4. The standard InChI is InChI=1S/C21H13F7N2O4/c22-13-3-1-11(20(23,24)25)5-9(13)7-30-8-10(6-29)15-16(32)12-2-4-14(31)17(33)18(12)34-19(15)21(26,27)28/h1-6,8,31,33H,7,29H2/b10-6+,30-8?. The zero-order valence-electron chi connectivity index (χ0n) is 16.6. The fraction of sp³-hybridized carbons (Fsp3) is 0.143. The Bertz CT molecular complexity index is 1370. The summed E-state index contributed by atoms with van der Waals surface area (Å²) >= 11 is 0. The highest BCUT2D eigenvalue weighted by Gasteiger charge is 2.40. The van der Waals surface area contributed by atoms with Crippen molar-refractivity contribution in [1.82, 2.24) is 0 Å². The van der Waals surface area contributed by atoms with Gasteiger partial charge in [0.25, 0.3) is 0 Å². The number of allylic oxidation sites excluding steroid dienone is 1. The second-order valence-electron chi connectivity index (χ2n) is 6.84. The highest BCUT2D eigenvalue weighted by atomic mass is 19.4. The van der Waals surface area contributed by atoms with Crippen LogP contribution < -0.4 is 11.2 Å². The van der Waals surface area contributed by atoms with Gasteiger partial charge in [0, 0.05) is 23.6 Å². The van der Waals surface area contributed by atoms with Crippen LogP contribution in [0.1, 0.15) is 22.5 Å². The van der Waals surface area contributed by atoms with E-state index in [0.717, 1.165) is 12.1 Å². The van der Waals surface area contributed by atoms with Gasteiger partial charge in [0.1, 0.15) is 5.82 Å². The van der Waals surface area contributed by atoms with Crippen LogP contribution in [0, 0.1) is 5.82 Å². The number of halogens is 7. The van der Waals surface area contributed by atoms with E-state index in [1.165, 1.54) is 0 Å². The Morgan fingerprint density at radius 3 is 2.32 bits per heavy atom. The summed E-state index contributed by atoms with van der Waals surface area (Å²) in [4.78, 5) is 16.4. The quantitative estimate of drug-likeness (QED) is 0.272. The zero-order chi connectivity index (χ0) is 25.4. The summed E-state index contributed by atoms with van der Waals surface area (Å²) in [7, 11) is 0. The number of alkyl halides is 6. The van der Waals surface area contributed by atoms with Crippen LogP contribution in [0.25, 0.3) is 16.5 Å². The van der Waals surface area contributed by atoms with Gasteiger partial charge in [-0.25, -0.2) is 4.39 Å². The second-order valence-corrected chi connectivity index (χ2v) is 6.84. The largest absolute Gasteiger partial charge is 0.504 e. The molecule has 1 aromatic heterocycles. The summed E-state index contributed by atoms with van der Waals surface area (Å²) in [6, 6.07) is 3.32. The smallest absolute Gasteiger partial charge is 0.450 e. The van der Waals surface area contributed by atoms with Crippen molar-refractivity contribution in [2.45, 2.75) is 18.9 Å². The van der Waals surface area contributed by atoms with Crippen molar-refractivity contribution in [3.05, 3.63) is 75.0 Å². The minimum atomic E-state index is -5.27. The Labute approximate surface area is 185 Å². The first-order chi connectivity index (χ1) is 15.8. The van der Waals surface area contributed by atoms with Gasteiger partial charge in [-0.1, -0.05) is 0 Å². The van der Waals surface area contributed by atoms with Crippen LogP contribution in [-0.4, -0.2) is 16.4 Å². The van der Waals surface area contributed by atoms with Crippen molar-refractivity contribution >= 4 is 22.8 Å². The monoisotopic (exact) mass is 490 g/mol. The third-order valence-electron chi connectivity index (χ3n) is 4.60. The molecule has 2 aromatic carbocycles. The van der Waals surface area contributed by atoms with E-state index in [1.54, 1.807) is 0 Å². The number of nitrogens with zero attached hydrogens (tertiary/aromatic N) is 1. The van der Waals surface area contributed by atoms with Crippen molar-refractivity contribution in [3.8, 4) is 11.5 Å². The molecular weight excluding hydrogens is 477 g/mol. The third-order valence-corrected chi connectivity index (χ3v) is 4.60. The predicted octanol–water partition coefficient (Wildman–Crippen LogP) is 4.95. The van der Waals surface area contributed by atoms with E-state index in [0.29, 0.717) is 30.6 Å². The van der Waals surface area contributed by atoms with Gasteiger partial charge in [0.2, 0.25) is 16.9 Å². The Balaban J connectivity index is 2.10. The number of rotatable bonds is 4. The number of nitrogens with two attached hydrogens (primary N) is 1. The van der Waals surface area contributed by atoms with Gasteiger partial charge in [-0.2, -0.15) is 26.3 Å². The van der Waals surface area contributed by atoms with Crippen LogP contribution in [0.4, 0.5) is 30.7 Å². The number of phenols is 2. The Kier molecular flexibility index (Phi) is 6.31. The average Bonchev–Trinajstić information content (AvgIpc) is 2.74. The van der Waals surface area contributed by atoms with Crippen molar-refractivity contribution in [2.24, 2.45) is 10.7 Å². The molecule has 0 aliphatic carbocycles. The SMILES string of the molecule is N/C=C(\C=NCc1cc(C(F)(F)F)ccc1F)c1c(C(F)(F)F)oc2c(O)c(O)ccc2c1=O. The average molecular weight is 490 g/mol. The first kappa shape index (κ1) is 24.6. The summed E-state index contributed by atoms with van der Waals surface area (Å²) < 4.78 is 98.0. The summed E-state index contributed by atoms with van der Waals surface area (Å²) in [5.74, 6) is -4.85. The minimum absolute atomic E-state index is 0.485. The lowest BCUT2D eigenvalue weighted by Crippen LogP contribution is -2.19. The van der Waals surface area contributed by atoms with Crippen molar-refractivity contribution in [2.75, 3.05) is 0 Å².